The predicted octanol–water partition coefficient (Wildman–Crippen LogP) is 0.393. The molecule has 3 nitrogen and oxygen atoms in total. The molecular weight excluding hydrogens is 257 g/mol. The molecule has 2 rings (SSSR count). The van der Waals surface area contributed by atoms with Crippen molar-refractivity contribution in [1.29, 1.82) is 0 Å². The fourth-order valence-corrected chi connectivity index (χ4v) is 2.38. The van der Waals surface area contributed by atoms with Crippen molar-refractivity contribution in [1.82, 2.24) is 0 Å². The molecule has 0 unspecified atom stereocenters. The molecule has 2 aromatic rings. The first-order chi connectivity index (χ1) is 8.08. The van der Waals surface area contributed by atoms with E-state index in [1.54, 1.807) is 48.5 Å². The second kappa shape index (κ2) is 6.38. The van der Waals surface area contributed by atoms with Crippen LogP contribution in [0.25, 0.3) is 4.72 Å². The minimum absolute atomic E-state index is 0. The van der Waals surface area contributed by atoms with Gasteiger partial charge in [-0.1, -0.05) is 48.0 Å². The number of hydrogen-bond donors (Lipinski definition) is 0. The second-order valence-electron chi connectivity index (χ2n) is 3.71. The summed E-state index contributed by atoms with van der Waals surface area (Å²) < 4.78 is 27.7. The number of rotatable bonds is 3. The number of hydrogen-bond acceptors (Lipinski definition) is 2. The number of benzene rings is 2. The Morgan fingerprint density at radius 1 is 0.889 bits per heavy atom. The molecule has 0 saturated heterocycles. The molecule has 0 saturated carbocycles. The quantitative estimate of drug-likeness (QED) is 0.757. The Balaban J connectivity index is 0.00000162. The summed E-state index contributed by atoms with van der Waals surface area (Å²) in [5.74, 6) is 0. The van der Waals surface area contributed by atoms with Crippen molar-refractivity contribution in [3.63, 3.8) is 0 Å². The third-order valence-corrected chi connectivity index (χ3v) is 3.62. The van der Waals surface area contributed by atoms with Crippen LogP contribution in [0.3, 0.4) is 0 Å². The van der Waals surface area contributed by atoms with Gasteiger partial charge in [-0.2, -0.15) is 0 Å². The Morgan fingerprint density at radius 2 is 1.44 bits per heavy atom. The molecule has 0 aromatic heterocycles. The molecule has 5 heteroatoms. The maximum absolute atomic E-state index is 11.9. The maximum atomic E-state index is 11.9. The number of sulfonamides is 1. The van der Waals surface area contributed by atoms with Crippen molar-refractivity contribution in [2.75, 3.05) is 0 Å². The van der Waals surface area contributed by atoms with Crippen LogP contribution in [0.1, 0.15) is 5.56 Å². The molecule has 0 aliphatic rings. The number of nitrogens with zero attached hydrogens (tertiary/aromatic N) is 1. The van der Waals surface area contributed by atoms with E-state index >= 15 is 0 Å². The summed E-state index contributed by atoms with van der Waals surface area (Å²) in [5.41, 5.74) is 1.46. The summed E-state index contributed by atoms with van der Waals surface area (Å²) in [4.78, 5) is 0.215. The Kier molecular flexibility index (Phi) is 5.41. The molecule has 0 spiro atoms. The van der Waals surface area contributed by atoms with Gasteiger partial charge in [0.2, 0.25) is 0 Å². The predicted molar refractivity (Wildman–Crippen MR) is 67.8 cm³/mol. The van der Waals surface area contributed by atoms with Crippen molar-refractivity contribution in [3.8, 4) is 0 Å². The van der Waals surface area contributed by atoms with E-state index < -0.39 is 10.0 Å². The first-order valence-corrected chi connectivity index (χ1v) is 6.62. The van der Waals surface area contributed by atoms with Crippen LogP contribution in [0.4, 0.5) is 5.69 Å². The van der Waals surface area contributed by atoms with E-state index in [-0.39, 0.29) is 34.5 Å². The fraction of sp³-hybridized carbons (Fsp3) is 0.0769. The molecule has 0 atom stereocenters. The van der Waals surface area contributed by atoms with Gasteiger partial charge in [-0.3, -0.25) is 0 Å². The van der Waals surface area contributed by atoms with E-state index in [9.17, 15) is 8.42 Å². The maximum Gasteiger partial charge on any atom is 1.00 e. The molecule has 88 valence electrons. The summed E-state index contributed by atoms with van der Waals surface area (Å²) >= 11 is 0. The first-order valence-electron chi connectivity index (χ1n) is 5.18. The normalized spacial score (nSPS) is 10.5. The van der Waals surface area contributed by atoms with Crippen LogP contribution in [0.15, 0.2) is 59.5 Å². The van der Waals surface area contributed by atoms with Gasteiger partial charge in [-0.25, -0.2) is 8.42 Å². The largest absolute Gasteiger partial charge is 1.00 e. The average molecular weight is 269 g/mol. The molecule has 0 N–H and O–H groups in total. The van der Waals surface area contributed by atoms with E-state index in [1.807, 2.05) is 13.0 Å². The van der Waals surface area contributed by atoms with Gasteiger partial charge in [0.15, 0.2) is 0 Å². The Morgan fingerprint density at radius 3 is 2.00 bits per heavy atom. The summed E-state index contributed by atoms with van der Waals surface area (Å²) in [6.07, 6.45) is 0. The molecule has 0 amide bonds. The molecule has 0 fully saturated rings. The molecule has 2 aromatic carbocycles. The van der Waals surface area contributed by atoms with Gasteiger partial charge in [-0.05, 0) is 19.1 Å². The minimum Gasteiger partial charge on any atom is -0.573 e. The standard InChI is InChI=1S/C13H12NO2S.Na/c1-11-7-9-13(10-8-11)17(15,16)14-12-5-3-2-4-6-12;/h2-10H,1H3;/q-1;+1. The SMILES string of the molecule is Cc1ccc(S(=O)(=O)[N-]c2ccccc2)cc1.[Na+]. The van der Waals surface area contributed by atoms with Gasteiger partial charge in [-0.15, -0.1) is 5.69 Å². The summed E-state index contributed by atoms with van der Waals surface area (Å²) in [6.45, 7) is 1.91. The topological polar surface area (TPSA) is 48.2 Å². The molecule has 0 bridgehead atoms. The van der Waals surface area contributed by atoms with Gasteiger partial charge in [0.1, 0.15) is 10.0 Å². The molecule has 0 heterocycles. The van der Waals surface area contributed by atoms with Crippen LogP contribution in [0.2, 0.25) is 0 Å². The zero-order valence-corrected chi connectivity index (χ0v) is 13.2. The monoisotopic (exact) mass is 269 g/mol. The van der Waals surface area contributed by atoms with Gasteiger partial charge in [0.25, 0.3) is 0 Å². The third-order valence-electron chi connectivity index (χ3n) is 2.30. The van der Waals surface area contributed by atoms with E-state index in [1.165, 1.54) is 0 Å². The van der Waals surface area contributed by atoms with Crippen LogP contribution in [0.5, 0.6) is 0 Å². The van der Waals surface area contributed by atoms with E-state index in [0.29, 0.717) is 5.69 Å². The van der Waals surface area contributed by atoms with E-state index in [2.05, 4.69) is 4.72 Å². The third kappa shape index (κ3) is 3.85. The van der Waals surface area contributed by atoms with Crippen LogP contribution >= 0.6 is 0 Å². The van der Waals surface area contributed by atoms with Crippen LogP contribution in [0, 0.1) is 6.92 Å². The van der Waals surface area contributed by atoms with Crippen molar-refractivity contribution in [3.05, 3.63) is 64.9 Å². The molecule has 18 heavy (non-hydrogen) atoms. The van der Waals surface area contributed by atoms with Crippen molar-refractivity contribution < 1.29 is 38.0 Å². The zero-order valence-electron chi connectivity index (χ0n) is 10.4. The van der Waals surface area contributed by atoms with Crippen molar-refractivity contribution in [2.45, 2.75) is 11.8 Å². The Labute approximate surface area is 130 Å². The van der Waals surface area contributed by atoms with Crippen molar-refractivity contribution >= 4 is 15.7 Å². The first kappa shape index (κ1) is 15.2. The second-order valence-corrected chi connectivity index (χ2v) is 5.32. The van der Waals surface area contributed by atoms with E-state index in [0.717, 1.165) is 5.56 Å². The Hall–Kier alpha value is -0.810. The summed E-state index contributed by atoms with van der Waals surface area (Å²) in [6, 6.07) is 15.3. The molecule has 0 aliphatic carbocycles. The fourth-order valence-electron chi connectivity index (χ4n) is 1.39. The van der Waals surface area contributed by atoms with Gasteiger partial charge in [0, 0.05) is 0 Å². The Bertz CT molecular complexity index is 595. The van der Waals surface area contributed by atoms with Gasteiger partial charge >= 0.3 is 29.6 Å². The summed E-state index contributed by atoms with van der Waals surface area (Å²) in [5, 5.41) is 0. The van der Waals surface area contributed by atoms with Crippen LogP contribution < -0.4 is 29.6 Å². The summed E-state index contributed by atoms with van der Waals surface area (Å²) in [7, 11) is -3.61. The minimum atomic E-state index is -3.61. The van der Waals surface area contributed by atoms with Crippen LogP contribution in [-0.2, 0) is 10.0 Å². The molecule has 0 aliphatic heterocycles. The molecule has 0 radical (unpaired) electrons. The number of aryl methyl sites for hydroxylation is 1. The average Bonchev–Trinajstić information content (AvgIpc) is 2.30. The van der Waals surface area contributed by atoms with Crippen molar-refractivity contribution in [2.24, 2.45) is 0 Å². The molecular formula is C13H12NNaO2S. The van der Waals surface area contributed by atoms with E-state index in [4.69, 9.17) is 0 Å². The van der Waals surface area contributed by atoms with Gasteiger partial charge < -0.3 is 4.72 Å². The zero-order chi connectivity index (χ0) is 12.3. The van der Waals surface area contributed by atoms with Crippen LogP contribution in [-0.4, -0.2) is 8.42 Å². The van der Waals surface area contributed by atoms with Gasteiger partial charge in [0.05, 0.1) is 4.90 Å². The smallest absolute Gasteiger partial charge is 0.573 e.